The lowest BCUT2D eigenvalue weighted by molar-refractivity contribution is 0.0909. The lowest BCUT2D eigenvalue weighted by atomic mass is 9.99. The maximum absolute atomic E-state index is 12.1. The first-order valence-corrected chi connectivity index (χ1v) is 5.98. The molecule has 4 nitrogen and oxygen atoms in total. The van der Waals surface area contributed by atoms with Crippen molar-refractivity contribution in [3.8, 4) is 0 Å². The van der Waals surface area contributed by atoms with E-state index in [1.165, 1.54) is 12.8 Å². The van der Waals surface area contributed by atoms with Gasteiger partial charge in [0.2, 0.25) is 0 Å². The molecule has 0 saturated heterocycles. The minimum atomic E-state index is -0.105. The molecule has 17 heavy (non-hydrogen) atoms. The summed E-state index contributed by atoms with van der Waals surface area (Å²) in [6.07, 6.45) is 4.42. The molecule has 1 aliphatic carbocycles. The molecule has 0 bridgehead atoms. The summed E-state index contributed by atoms with van der Waals surface area (Å²) >= 11 is 0. The molecule has 0 atom stereocenters. The third-order valence-corrected chi connectivity index (χ3v) is 3.44. The highest BCUT2D eigenvalue weighted by atomic mass is 16.1. The molecule has 0 aromatic heterocycles. The summed E-state index contributed by atoms with van der Waals surface area (Å²) in [5.74, 6) is -0.105. The molecule has 0 unspecified atom stereocenters. The summed E-state index contributed by atoms with van der Waals surface area (Å²) in [4.78, 5) is 12.1. The van der Waals surface area contributed by atoms with Crippen LogP contribution in [0.5, 0.6) is 0 Å². The number of hydrogen-bond donors (Lipinski definition) is 3. The molecule has 5 N–H and O–H groups in total. The van der Waals surface area contributed by atoms with Crippen LogP contribution in [-0.2, 0) is 0 Å². The Balaban J connectivity index is 2.14. The van der Waals surface area contributed by atoms with Gasteiger partial charge in [-0.15, -0.1) is 0 Å². The second-order valence-corrected chi connectivity index (χ2v) is 5.07. The molecular formula is C13H19N3O. The van der Waals surface area contributed by atoms with E-state index < -0.39 is 0 Å². The van der Waals surface area contributed by atoms with Gasteiger partial charge in [0.05, 0.1) is 5.56 Å². The van der Waals surface area contributed by atoms with Crippen molar-refractivity contribution < 1.29 is 4.79 Å². The zero-order valence-electron chi connectivity index (χ0n) is 10.1. The van der Waals surface area contributed by atoms with Gasteiger partial charge in [-0.05, 0) is 38.0 Å². The molecule has 1 aromatic rings. The van der Waals surface area contributed by atoms with Crippen molar-refractivity contribution in [3.05, 3.63) is 23.8 Å². The first-order chi connectivity index (χ1) is 8.00. The molecule has 1 aliphatic rings. The monoisotopic (exact) mass is 233 g/mol. The molecule has 1 saturated carbocycles. The van der Waals surface area contributed by atoms with Gasteiger partial charge in [0, 0.05) is 16.9 Å². The first kappa shape index (κ1) is 11.8. The Morgan fingerprint density at radius 2 is 1.94 bits per heavy atom. The number of carbonyl (C=O) groups is 1. The van der Waals surface area contributed by atoms with Gasteiger partial charge in [-0.2, -0.15) is 0 Å². The van der Waals surface area contributed by atoms with Crippen LogP contribution in [0.3, 0.4) is 0 Å². The fraction of sp³-hybridized carbons (Fsp3) is 0.462. The van der Waals surface area contributed by atoms with E-state index >= 15 is 0 Å². The van der Waals surface area contributed by atoms with Crippen LogP contribution in [0.15, 0.2) is 18.2 Å². The third kappa shape index (κ3) is 2.52. The fourth-order valence-corrected chi connectivity index (χ4v) is 2.41. The first-order valence-electron chi connectivity index (χ1n) is 5.98. The standard InChI is InChI=1S/C13H19N3O/c1-13(6-2-3-7-13)16-12(17)10-5-4-9(14)8-11(10)15/h4-5,8H,2-3,6-7,14-15H2,1H3,(H,16,17). The molecule has 1 aromatic carbocycles. The van der Waals surface area contributed by atoms with Crippen LogP contribution in [0, 0.1) is 0 Å². The van der Waals surface area contributed by atoms with Crippen molar-refractivity contribution >= 4 is 17.3 Å². The van der Waals surface area contributed by atoms with Crippen LogP contribution in [0.25, 0.3) is 0 Å². The third-order valence-electron chi connectivity index (χ3n) is 3.44. The Morgan fingerprint density at radius 3 is 2.53 bits per heavy atom. The summed E-state index contributed by atoms with van der Waals surface area (Å²) in [5, 5.41) is 3.07. The molecule has 2 rings (SSSR count). The summed E-state index contributed by atoms with van der Waals surface area (Å²) in [7, 11) is 0. The highest BCUT2D eigenvalue weighted by Crippen LogP contribution is 2.29. The molecule has 0 aliphatic heterocycles. The van der Waals surface area contributed by atoms with Gasteiger partial charge in [0.15, 0.2) is 0 Å². The number of carbonyl (C=O) groups excluding carboxylic acids is 1. The predicted molar refractivity (Wildman–Crippen MR) is 69.6 cm³/mol. The SMILES string of the molecule is CC1(NC(=O)c2ccc(N)cc2N)CCCC1. The topological polar surface area (TPSA) is 81.1 Å². The Hall–Kier alpha value is -1.71. The number of benzene rings is 1. The van der Waals surface area contributed by atoms with E-state index in [-0.39, 0.29) is 11.4 Å². The molecule has 4 heteroatoms. The van der Waals surface area contributed by atoms with Gasteiger partial charge in [-0.1, -0.05) is 12.8 Å². The second kappa shape index (κ2) is 4.28. The van der Waals surface area contributed by atoms with Crippen molar-refractivity contribution in [2.45, 2.75) is 38.1 Å². The second-order valence-electron chi connectivity index (χ2n) is 5.07. The molecule has 92 valence electrons. The molecular weight excluding hydrogens is 214 g/mol. The van der Waals surface area contributed by atoms with Crippen LogP contribution in [-0.4, -0.2) is 11.4 Å². The Labute approximate surface area is 101 Å². The van der Waals surface area contributed by atoms with Gasteiger partial charge < -0.3 is 16.8 Å². The Morgan fingerprint density at radius 1 is 1.29 bits per heavy atom. The average Bonchev–Trinajstić information content (AvgIpc) is 2.64. The maximum Gasteiger partial charge on any atom is 0.253 e. The minimum Gasteiger partial charge on any atom is -0.399 e. The largest absolute Gasteiger partial charge is 0.399 e. The summed E-state index contributed by atoms with van der Waals surface area (Å²) in [5.41, 5.74) is 12.8. The van der Waals surface area contributed by atoms with E-state index in [1.807, 2.05) is 0 Å². The number of rotatable bonds is 2. The quantitative estimate of drug-likeness (QED) is 0.682. The zero-order chi connectivity index (χ0) is 12.5. The van der Waals surface area contributed by atoms with E-state index in [4.69, 9.17) is 11.5 Å². The van der Waals surface area contributed by atoms with E-state index in [9.17, 15) is 4.79 Å². The van der Waals surface area contributed by atoms with Crippen molar-refractivity contribution in [1.82, 2.24) is 5.32 Å². The van der Waals surface area contributed by atoms with E-state index in [1.54, 1.807) is 18.2 Å². The van der Waals surface area contributed by atoms with Crippen LogP contribution < -0.4 is 16.8 Å². The smallest absolute Gasteiger partial charge is 0.253 e. The number of nitrogen functional groups attached to an aromatic ring is 2. The summed E-state index contributed by atoms with van der Waals surface area (Å²) in [6, 6.07) is 4.99. The van der Waals surface area contributed by atoms with Gasteiger partial charge in [0.25, 0.3) is 5.91 Å². The minimum absolute atomic E-state index is 0.0785. The van der Waals surface area contributed by atoms with Gasteiger partial charge >= 0.3 is 0 Å². The normalized spacial score (nSPS) is 17.9. The number of anilines is 2. The number of amides is 1. The number of nitrogens with two attached hydrogens (primary N) is 2. The predicted octanol–water partition coefficient (Wildman–Crippen LogP) is 1.91. The van der Waals surface area contributed by atoms with E-state index in [0.29, 0.717) is 16.9 Å². The van der Waals surface area contributed by atoms with Crippen molar-refractivity contribution in [3.63, 3.8) is 0 Å². The molecule has 1 fully saturated rings. The number of nitrogens with one attached hydrogen (secondary N) is 1. The van der Waals surface area contributed by atoms with Crippen LogP contribution in [0.4, 0.5) is 11.4 Å². The lowest BCUT2D eigenvalue weighted by Crippen LogP contribution is -2.43. The van der Waals surface area contributed by atoms with E-state index in [0.717, 1.165) is 12.8 Å². The van der Waals surface area contributed by atoms with Crippen LogP contribution in [0.2, 0.25) is 0 Å². The fourth-order valence-electron chi connectivity index (χ4n) is 2.41. The van der Waals surface area contributed by atoms with Gasteiger partial charge in [-0.25, -0.2) is 0 Å². The molecule has 1 amide bonds. The van der Waals surface area contributed by atoms with Gasteiger partial charge in [0.1, 0.15) is 0 Å². The average molecular weight is 233 g/mol. The summed E-state index contributed by atoms with van der Waals surface area (Å²) < 4.78 is 0. The van der Waals surface area contributed by atoms with E-state index in [2.05, 4.69) is 12.2 Å². The molecule has 0 radical (unpaired) electrons. The Bertz CT molecular complexity index is 436. The highest BCUT2D eigenvalue weighted by Gasteiger charge is 2.30. The van der Waals surface area contributed by atoms with Crippen molar-refractivity contribution in [2.75, 3.05) is 11.5 Å². The van der Waals surface area contributed by atoms with Crippen LogP contribution >= 0.6 is 0 Å². The highest BCUT2D eigenvalue weighted by molar-refractivity contribution is 6.00. The molecule has 0 heterocycles. The van der Waals surface area contributed by atoms with Crippen molar-refractivity contribution in [1.29, 1.82) is 0 Å². The zero-order valence-corrected chi connectivity index (χ0v) is 10.1. The lowest BCUT2D eigenvalue weighted by Gasteiger charge is -2.25. The van der Waals surface area contributed by atoms with Crippen molar-refractivity contribution in [2.24, 2.45) is 0 Å². The maximum atomic E-state index is 12.1. The van der Waals surface area contributed by atoms with Gasteiger partial charge in [-0.3, -0.25) is 4.79 Å². The summed E-state index contributed by atoms with van der Waals surface area (Å²) in [6.45, 7) is 2.09. The number of hydrogen-bond acceptors (Lipinski definition) is 3. The van der Waals surface area contributed by atoms with Crippen LogP contribution in [0.1, 0.15) is 43.0 Å². The molecule has 0 spiro atoms. The Kier molecular flexibility index (Phi) is 2.96.